The Hall–Kier alpha value is -3.27. The van der Waals surface area contributed by atoms with Gasteiger partial charge in [0.1, 0.15) is 13.2 Å². The Labute approximate surface area is 379 Å². The molecule has 62 heavy (non-hydrogen) atoms. The summed E-state index contributed by atoms with van der Waals surface area (Å²) in [5.41, 5.74) is 0. The maximum Gasteiger partial charge on any atom is 0.306 e. The number of aliphatic carboxylic acids is 1. The molecule has 9 heteroatoms. The summed E-state index contributed by atoms with van der Waals surface area (Å²) in [5.74, 6) is -2.32. The van der Waals surface area contributed by atoms with Crippen LogP contribution in [0.4, 0.5) is 0 Å². The van der Waals surface area contributed by atoms with Crippen LogP contribution in [0.25, 0.3) is 0 Å². The van der Waals surface area contributed by atoms with E-state index in [0.29, 0.717) is 17.4 Å². The second-order valence-electron chi connectivity index (χ2n) is 17.4. The molecular formula is C53H91NO8. The molecule has 0 saturated carbocycles. The molecule has 2 unspecified atom stereocenters. The van der Waals surface area contributed by atoms with Crippen molar-refractivity contribution in [3.05, 3.63) is 72.9 Å². The van der Waals surface area contributed by atoms with Gasteiger partial charge in [0, 0.05) is 12.8 Å². The molecule has 0 N–H and O–H groups in total. The van der Waals surface area contributed by atoms with Crippen LogP contribution in [0.2, 0.25) is 0 Å². The minimum absolute atomic E-state index is 0.141. The second-order valence-corrected chi connectivity index (χ2v) is 17.4. The van der Waals surface area contributed by atoms with Crippen molar-refractivity contribution in [2.45, 2.75) is 200 Å². The number of hydrogen-bond donors (Lipinski definition) is 0. The molecule has 0 bridgehead atoms. The van der Waals surface area contributed by atoms with E-state index < -0.39 is 24.3 Å². The van der Waals surface area contributed by atoms with Crippen molar-refractivity contribution in [2.24, 2.45) is 0 Å². The van der Waals surface area contributed by atoms with Crippen LogP contribution in [0.5, 0.6) is 0 Å². The predicted octanol–water partition coefficient (Wildman–Crippen LogP) is 12.2. The molecule has 0 spiro atoms. The summed E-state index contributed by atoms with van der Waals surface area (Å²) in [6.07, 6.45) is 52.2. The summed E-state index contributed by atoms with van der Waals surface area (Å²) in [6.45, 7) is 4.56. The van der Waals surface area contributed by atoms with Crippen LogP contribution in [0, 0.1) is 0 Å². The SMILES string of the molecule is CC/C=C\C/C=C\C/C=C\C/C=C\CCCCCCCCCCCCC(=O)OC(COC(=O)CCCCCCC/C=C\C/C=C\CCCC)COC(OCC[N+](C)(C)C)C(=O)[O-]. The molecule has 0 aromatic heterocycles. The highest BCUT2D eigenvalue weighted by Crippen LogP contribution is 2.14. The number of quaternary nitrogens is 1. The number of likely N-dealkylation sites (N-methyl/N-ethyl adjacent to an activating group) is 1. The summed E-state index contributed by atoms with van der Waals surface area (Å²) in [4.78, 5) is 37.1. The van der Waals surface area contributed by atoms with Crippen LogP contribution < -0.4 is 5.11 Å². The molecule has 0 fully saturated rings. The average molecular weight is 870 g/mol. The molecule has 0 radical (unpaired) electrons. The fourth-order valence-electron chi connectivity index (χ4n) is 6.37. The standard InChI is InChI=1S/C53H91NO8/c1-6-8-10-12-14-16-18-20-22-23-24-25-26-27-28-29-30-32-34-36-38-40-42-44-51(56)62-49(48-61-53(52(57)58)59-46-45-54(3,4)5)47-60-50(55)43-41-39-37-35-33-31-21-19-17-15-13-11-9-7-2/h8,10,13-16,19-22,24-25,49,53H,6-7,9,11-12,17-18,23,26-48H2,1-5H3/b10-8-,15-13-,16-14-,21-19-,22-20-,25-24-. The van der Waals surface area contributed by atoms with Gasteiger partial charge in [-0.3, -0.25) is 9.59 Å². The summed E-state index contributed by atoms with van der Waals surface area (Å²) < 4.78 is 22.6. The van der Waals surface area contributed by atoms with Crippen LogP contribution in [-0.2, 0) is 33.3 Å². The quantitative estimate of drug-likeness (QED) is 0.0196. The van der Waals surface area contributed by atoms with Crippen molar-refractivity contribution in [1.29, 1.82) is 0 Å². The van der Waals surface area contributed by atoms with Crippen molar-refractivity contribution in [3.63, 3.8) is 0 Å². The lowest BCUT2D eigenvalue weighted by molar-refractivity contribution is -0.870. The number of carboxylic acid groups (broad SMARTS) is 1. The molecule has 0 aromatic rings. The van der Waals surface area contributed by atoms with E-state index in [2.05, 4.69) is 86.8 Å². The summed E-state index contributed by atoms with van der Waals surface area (Å²) in [7, 11) is 5.90. The number of unbranched alkanes of at least 4 members (excludes halogenated alkanes) is 17. The Morgan fingerprint density at radius 1 is 0.500 bits per heavy atom. The Morgan fingerprint density at radius 2 is 0.919 bits per heavy atom. The van der Waals surface area contributed by atoms with E-state index >= 15 is 0 Å². The Bertz CT molecular complexity index is 1240. The van der Waals surface area contributed by atoms with E-state index in [1.54, 1.807) is 0 Å². The number of carboxylic acids is 1. The first-order chi connectivity index (χ1) is 30.1. The molecule has 0 amide bonds. The van der Waals surface area contributed by atoms with Crippen LogP contribution >= 0.6 is 0 Å². The maximum absolute atomic E-state index is 12.8. The number of hydrogen-bond acceptors (Lipinski definition) is 8. The highest BCUT2D eigenvalue weighted by atomic mass is 16.7. The predicted molar refractivity (Wildman–Crippen MR) is 255 cm³/mol. The van der Waals surface area contributed by atoms with E-state index in [4.69, 9.17) is 18.9 Å². The largest absolute Gasteiger partial charge is 0.545 e. The number of nitrogens with zero attached hydrogens (tertiary/aromatic N) is 1. The normalized spacial score (nSPS) is 13.5. The molecule has 0 heterocycles. The minimum atomic E-state index is -1.63. The van der Waals surface area contributed by atoms with E-state index in [9.17, 15) is 19.5 Å². The highest BCUT2D eigenvalue weighted by molar-refractivity contribution is 5.70. The van der Waals surface area contributed by atoms with Crippen LogP contribution in [-0.4, -0.2) is 82.3 Å². The molecule has 0 saturated heterocycles. The summed E-state index contributed by atoms with van der Waals surface area (Å²) in [5, 5.41) is 11.7. The third-order valence-corrected chi connectivity index (χ3v) is 10.2. The van der Waals surface area contributed by atoms with E-state index in [-0.39, 0.29) is 38.6 Å². The van der Waals surface area contributed by atoms with Gasteiger partial charge in [-0.05, 0) is 77.0 Å². The zero-order chi connectivity index (χ0) is 45.6. The van der Waals surface area contributed by atoms with Gasteiger partial charge in [-0.15, -0.1) is 0 Å². The van der Waals surface area contributed by atoms with Crippen molar-refractivity contribution in [3.8, 4) is 0 Å². The summed E-state index contributed by atoms with van der Waals surface area (Å²) >= 11 is 0. The fourth-order valence-corrected chi connectivity index (χ4v) is 6.37. The molecule has 0 aliphatic heterocycles. The number of ether oxygens (including phenoxy) is 4. The van der Waals surface area contributed by atoms with Crippen molar-refractivity contribution < 1.29 is 42.9 Å². The topological polar surface area (TPSA) is 111 Å². The van der Waals surface area contributed by atoms with Gasteiger partial charge >= 0.3 is 11.9 Å². The van der Waals surface area contributed by atoms with Crippen LogP contribution in [0.3, 0.4) is 0 Å². The second kappa shape index (κ2) is 44.3. The molecule has 0 rings (SSSR count). The zero-order valence-corrected chi connectivity index (χ0v) is 40.2. The van der Waals surface area contributed by atoms with Crippen molar-refractivity contribution in [1.82, 2.24) is 0 Å². The Kier molecular flexibility index (Phi) is 42.0. The van der Waals surface area contributed by atoms with Gasteiger partial charge in [0.15, 0.2) is 12.4 Å². The van der Waals surface area contributed by atoms with E-state index in [1.807, 2.05) is 21.1 Å². The first-order valence-corrected chi connectivity index (χ1v) is 24.6. The Balaban J connectivity index is 4.37. The van der Waals surface area contributed by atoms with Crippen LogP contribution in [0.1, 0.15) is 187 Å². The molecule has 0 aliphatic carbocycles. The number of rotatable bonds is 44. The number of esters is 2. The lowest BCUT2D eigenvalue weighted by atomic mass is 10.0. The zero-order valence-electron chi connectivity index (χ0n) is 40.2. The monoisotopic (exact) mass is 870 g/mol. The first kappa shape index (κ1) is 58.7. The Morgan fingerprint density at radius 3 is 1.37 bits per heavy atom. The van der Waals surface area contributed by atoms with Crippen molar-refractivity contribution in [2.75, 3.05) is 47.5 Å². The minimum Gasteiger partial charge on any atom is -0.545 e. The summed E-state index contributed by atoms with van der Waals surface area (Å²) in [6, 6.07) is 0. The van der Waals surface area contributed by atoms with Gasteiger partial charge in [0.25, 0.3) is 0 Å². The lowest BCUT2D eigenvalue weighted by Crippen LogP contribution is -2.44. The van der Waals surface area contributed by atoms with Gasteiger partial charge in [0.2, 0.25) is 0 Å². The molecule has 9 nitrogen and oxygen atoms in total. The third-order valence-electron chi connectivity index (χ3n) is 10.2. The van der Waals surface area contributed by atoms with Crippen LogP contribution in [0.15, 0.2) is 72.9 Å². The van der Waals surface area contributed by atoms with Gasteiger partial charge in [-0.25, -0.2) is 0 Å². The van der Waals surface area contributed by atoms with Gasteiger partial charge in [-0.2, -0.15) is 0 Å². The molecule has 356 valence electrons. The fraction of sp³-hybridized carbons (Fsp3) is 0.717. The average Bonchev–Trinajstić information content (AvgIpc) is 3.23. The maximum atomic E-state index is 12.8. The van der Waals surface area contributed by atoms with Gasteiger partial charge in [-0.1, -0.05) is 170 Å². The smallest absolute Gasteiger partial charge is 0.306 e. The molecule has 2 atom stereocenters. The van der Waals surface area contributed by atoms with E-state index in [0.717, 1.165) is 103 Å². The molecular weight excluding hydrogens is 779 g/mol. The lowest BCUT2D eigenvalue weighted by Gasteiger charge is -2.26. The number of allylic oxidation sites excluding steroid dienone is 12. The van der Waals surface area contributed by atoms with Gasteiger partial charge < -0.3 is 33.3 Å². The number of carbonyl (C=O) groups is 3. The highest BCUT2D eigenvalue weighted by Gasteiger charge is 2.21. The van der Waals surface area contributed by atoms with Crippen molar-refractivity contribution >= 4 is 17.9 Å². The third kappa shape index (κ3) is 44.8. The van der Waals surface area contributed by atoms with Gasteiger partial charge in [0.05, 0.1) is 40.3 Å². The van der Waals surface area contributed by atoms with E-state index in [1.165, 1.54) is 51.4 Å². The molecule has 0 aromatic carbocycles. The number of carbonyl (C=O) groups excluding carboxylic acids is 3. The first-order valence-electron chi connectivity index (χ1n) is 24.6. The molecule has 0 aliphatic rings.